The highest BCUT2D eigenvalue weighted by molar-refractivity contribution is 6.29. The molecule has 8 heteroatoms. The predicted molar refractivity (Wildman–Crippen MR) is 139 cm³/mol. The second-order valence-corrected chi connectivity index (χ2v) is 10.4. The lowest BCUT2D eigenvalue weighted by atomic mass is 9.91. The molecule has 0 radical (unpaired) electrons. The van der Waals surface area contributed by atoms with Gasteiger partial charge in [0, 0.05) is 38.5 Å². The average molecular weight is 481 g/mol. The van der Waals surface area contributed by atoms with Crippen LogP contribution in [0, 0.1) is 5.41 Å². The summed E-state index contributed by atoms with van der Waals surface area (Å²) in [7, 11) is 0. The largest absolute Gasteiger partial charge is 0.366 e. The first-order valence-electron chi connectivity index (χ1n) is 11.8. The summed E-state index contributed by atoms with van der Waals surface area (Å²) in [5.41, 5.74) is 2.83. The number of pyridine rings is 2. The minimum atomic E-state index is -0.103. The molecule has 0 aliphatic carbocycles. The van der Waals surface area contributed by atoms with Gasteiger partial charge in [-0.1, -0.05) is 50.6 Å². The number of hydrogen-bond donors (Lipinski definition) is 3. The zero-order valence-electron chi connectivity index (χ0n) is 20.1. The van der Waals surface area contributed by atoms with Crippen molar-refractivity contribution < 1.29 is 4.79 Å². The Labute approximate surface area is 206 Å². The van der Waals surface area contributed by atoms with Crippen molar-refractivity contribution in [1.29, 1.82) is 0 Å². The van der Waals surface area contributed by atoms with Crippen LogP contribution in [0.2, 0.25) is 5.15 Å². The Hall–Kier alpha value is -2.90. The Kier molecular flexibility index (Phi) is 7.54. The smallest absolute Gasteiger partial charge is 0.225 e. The molecule has 0 spiro atoms. The molecule has 0 saturated carbocycles. The van der Waals surface area contributed by atoms with Gasteiger partial charge in [0.2, 0.25) is 5.91 Å². The molecule has 1 saturated heterocycles. The van der Waals surface area contributed by atoms with Crippen molar-refractivity contribution in [3.63, 3.8) is 0 Å². The molecule has 4 heterocycles. The third-order valence-electron chi connectivity index (χ3n) is 5.84. The number of anilines is 3. The van der Waals surface area contributed by atoms with E-state index in [-0.39, 0.29) is 11.3 Å². The lowest BCUT2D eigenvalue weighted by molar-refractivity contribution is -0.117. The van der Waals surface area contributed by atoms with E-state index in [4.69, 9.17) is 16.6 Å². The molecule has 2 aromatic rings. The van der Waals surface area contributed by atoms with E-state index >= 15 is 0 Å². The number of amides is 1. The topological polar surface area (TPSA) is 82.2 Å². The van der Waals surface area contributed by atoms with Gasteiger partial charge in [-0.3, -0.25) is 4.79 Å². The van der Waals surface area contributed by atoms with Gasteiger partial charge in [-0.05, 0) is 53.6 Å². The molecular formula is C26H33ClN6O. The van der Waals surface area contributed by atoms with Crippen LogP contribution < -0.4 is 20.9 Å². The van der Waals surface area contributed by atoms with Crippen molar-refractivity contribution in [2.24, 2.45) is 5.41 Å². The van der Waals surface area contributed by atoms with Gasteiger partial charge in [-0.2, -0.15) is 0 Å². The molecule has 34 heavy (non-hydrogen) atoms. The van der Waals surface area contributed by atoms with E-state index in [2.05, 4.69) is 58.7 Å². The van der Waals surface area contributed by atoms with Gasteiger partial charge in [0.25, 0.3) is 0 Å². The van der Waals surface area contributed by atoms with Gasteiger partial charge in [0.05, 0.1) is 5.69 Å². The van der Waals surface area contributed by atoms with Gasteiger partial charge < -0.3 is 20.9 Å². The quantitative estimate of drug-likeness (QED) is 0.479. The number of hydrogen-bond acceptors (Lipinski definition) is 6. The number of nitrogens with zero attached hydrogens (tertiary/aromatic N) is 3. The molecule has 7 nitrogen and oxygen atoms in total. The van der Waals surface area contributed by atoms with Crippen molar-refractivity contribution in [3.05, 3.63) is 65.1 Å². The Morgan fingerprint density at radius 3 is 2.79 bits per heavy atom. The van der Waals surface area contributed by atoms with E-state index in [9.17, 15) is 4.79 Å². The highest BCUT2D eigenvalue weighted by Crippen LogP contribution is 2.38. The maximum Gasteiger partial charge on any atom is 0.225 e. The van der Waals surface area contributed by atoms with E-state index in [1.54, 1.807) is 12.3 Å². The van der Waals surface area contributed by atoms with Crippen molar-refractivity contribution in [2.75, 3.05) is 35.2 Å². The van der Waals surface area contributed by atoms with Crippen molar-refractivity contribution in [1.82, 2.24) is 15.3 Å². The maximum atomic E-state index is 13.0. The summed E-state index contributed by atoms with van der Waals surface area (Å²) in [6, 6.07) is 5.82. The number of halogens is 1. The summed E-state index contributed by atoms with van der Waals surface area (Å²) in [5, 5.41) is 10.6. The normalized spacial score (nSPS) is 17.8. The fourth-order valence-corrected chi connectivity index (χ4v) is 4.32. The fraction of sp³-hybridized carbons (Fsp3) is 0.423. The van der Waals surface area contributed by atoms with Crippen molar-refractivity contribution in [3.8, 4) is 0 Å². The van der Waals surface area contributed by atoms with Crippen LogP contribution in [0.3, 0.4) is 0 Å². The van der Waals surface area contributed by atoms with Gasteiger partial charge in [-0.15, -0.1) is 0 Å². The van der Waals surface area contributed by atoms with Crippen LogP contribution in [0.1, 0.15) is 50.7 Å². The summed E-state index contributed by atoms with van der Waals surface area (Å²) >= 11 is 5.93. The second-order valence-electron chi connectivity index (χ2n) is 10.0. The zero-order chi connectivity index (χ0) is 24.1. The van der Waals surface area contributed by atoms with Crippen LogP contribution in [0.5, 0.6) is 0 Å². The van der Waals surface area contributed by atoms with Gasteiger partial charge >= 0.3 is 0 Å². The Morgan fingerprint density at radius 2 is 2.15 bits per heavy atom. The predicted octanol–water partition coefficient (Wildman–Crippen LogP) is 5.08. The zero-order valence-corrected chi connectivity index (χ0v) is 20.8. The average Bonchev–Trinajstić information content (AvgIpc) is 3.33. The highest BCUT2D eigenvalue weighted by atomic mass is 35.5. The maximum absolute atomic E-state index is 13.0. The van der Waals surface area contributed by atoms with Crippen LogP contribution in [0.4, 0.5) is 17.3 Å². The standard InChI is InChI=1S/C26H33ClN6O/c1-26(2,3)14-23(34)32-24-20(19-9-10-28-17-19)13-22(30-16-18-7-8-21(27)29-15-18)31-25(24)33-11-5-4-6-12-33/h4-8,11,13,15,19,28H,9-10,12,14,16-17H2,1-3H3,(H,30,31)(H,32,34). The van der Waals surface area contributed by atoms with E-state index < -0.39 is 0 Å². The number of rotatable bonds is 7. The van der Waals surface area contributed by atoms with Gasteiger partial charge in [0.1, 0.15) is 11.0 Å². The molecule has 1 unspecified atom stereocenters. The molecule has 0 bridgehead atoms. The summed E-state index contributed by atoms with van der Waals surface area (Å²) in [6.07, 6.45) is 11.3. The molecule has 1 fully saturated rings. The Bertz CT molecular complexity index is 1070. The number of allylic oxidation sites excluding steroid dienone is 2. The number of nitrogens with one attached hydrogen (secondary N) is 3. The summed E-state index contributed by atoms with van der Waals surface area (Å²) in [4.78, 5) is 24.2. The first kappa shape index (κ1) is 24.2. The van der Waals surface area contributed by atoms with Crippen LogP contribution in [-0.4, -0.2) is 35.5 Å². The third-order valence-corrected chi connectivity index (χ3v) is 6.06. The lowest BCUT2D eigenvalue weighted by Gasteiger charge is -2.28. The molecule has 4 rings (SSSR count). The monoisotopic (exact) mass is 480 g/mol. The summed E-state index contributed by atoms with van der Waals surface area (Å²) in [5.74, 6) is 1.83. The van der Waals surface area contributed by atoms with Crippen LogP contribution >= 0.6 is 11.6 Å². The number of carbonyl (C=O) groups excluding carboxylic acids is 1. The van der Waals surface area contributed by atoms with Gasteiger partial charge in [-0.25, -0.2) is 9.97 Å². The van der Waals surface area contributed by atoms with Crippen molar-refractivity contribution >= 4 is 34.8 Å². The van der Waals surface area contributed by atoms with Gasteiger partial charge in [0.15, 0.2) is 5.82 Å². The van der Waals surface area contributed by atoms with Crippen LogP contribution in [0.25, 0.3) is 0 Å². The fourth-order valence-electron chi connectivity index (χ4n) is 4.21. The third kappa shape index (κ3) is 6.36. The second kappa shape index (κ2) is 10.6. The molecule has 1 amide bonds. The Morgan fingerprint density at radius 1 is 1.29 bits per heavy atom. The molecule has 0 aromatic carbocycles. The summed E-state index contributed by atoms with van der Waals surface area (Å²) in [6.45, 7) is 9.33. The van der Waals surface area contributed by atoms with E-state index in [1.165, 1.54) is 0 Å². The molecule has 180 valence electrons. The molecular weight excluding hydrogens is 448 g/mol. The highest BCUT2D eigenvalue weighted by Gasteiger charge is 2.27. The van der Waals surface area contributed by atoms with E-state index in [0.717, 1.165) is 48.0 Å². The van der Waals surface area contributed by atoms with Crippen molar-refractivity contribution in [2.45, 2.75) is 46.1 Å². The molecule has 2 aromatic heterocycles. The molecule has 1 atom stereocenters. The number of carbonyl (C=O) groups is 1. The SMILES string of the molecule is CC(C)(C)CC(=O)Nc1c(C2CCNC2)cc(NCc2ccc(Cl)nc2)nc1N1C=CC=CC1. The van der Waals surface area contributed by atoms with E-state index in [1.807, 2.05) is 24.4 Å². The van der Waals surface area contributed by atoms with Crippen LogP contribution in [0.15, 0.2) is 48.8 Å². The summed E-state index contributed by atoms with van der Waals surface area (Å²) < 4.78 is 0. The van der Waals surface area contributed by atoms with E-state index in [0.29, 0.717) is 30.6 Å². The molecule has 2 aliphatic heterocycles. The molecule has 3 N–H and O–H groups in total. The number of aromatic nitrogens is 2. The Balaban J connectivity index is 1.70. The van der Waals surface area contributed by atoms with Crippen LogP contribution in [-0.2, 0) is 11.3 Å². The first-order valence-corrected chi connectivity index (χ1v) is 12.2. The minimum Gasteiger partial charge on any atom is -0.366 e. The lowest BCUT2D eigenvalue weighted by Crippen LogP contribution is -2.26. The first-order chi connectivity index (χ1) is 16.3. The minimum absolute atomic E-state index is 0.00670. The molecule has 2 aliphatic rings.